The first-order valence-corrected chi connectivity index (χ1v) is 11.4. The quantitative estimate of drug-likeness (QED) is 0.678. The Hall–Kier alpha value is -2.59. The van der Waals surface area contributed by atoms with Gasteiger partial charge in [0.05, 0.1) is 13.2 Å². The van der Waals surface area contributed by atoms with Crippen LogP contribution in [0.3, 0.4) is 0 Å². The normalized spacial score (nSPS) is 18.8. The van der Waals surface area contributed by atoms with Gasteiger partial charge in [0, 0.05) is 43.5 Å². The van der Waals surface area contributed by atoms with E-state index in [0.29, 0.717) is 45.0 Å². The lowest BCUT2D eigenvalue weighted by Crippen LogP contribution is -2.41. The molecular weight excluding hydrogens is 437 g/mol. The van der Waals surface area contributed by atoms with Crippen molar-refractivity contribution in [2.45, 2.75) is 58.1 Å². The molecule has 180 valence electrons. The van der Waals surface area contributed by atoms with Crippen molar-refractivity contribution in [3.05, 3.63) is 46.8 Å². The van der Waals surface area contributed by atoms with Gasteiger partial charge in [-0.25, -0.2) is 0 Å². The van der Waals surface area contributed by atoms with E-state index >= 15 is 0 Å². The molecule has 7 nitrogen and oxygen atoms in total. The number of aromatic nitrogens is 2. The molecule has 1 aromatic heterocycles. The molecule has 2 heterocycles. The minimum Gasteiger partial charge on any atom is -0.406 e. The summed E-state index contributed by atoms with van der Waals surface area (Å²) in [5, 5.41) is 8.19. The number of hydrogen-bond acceptors (Lipinski definition) is 5. The van der Waals surface area contributed by atoms with E-state index in [-0.39, 0.29) is 17.7 Å². The molecule has 1 atom stereocenters. The lowest BCUT2D eigenvalue weighted by atomic mass is 9.90. The number of hydrogen-bond donors (Lipinski definition) is 1. The second-order valence-electron chi connectivity index (χ2n) is 8.41. The number of alkyl halides is 3. The molecule has 2 aliphatic rings. The van der Waals surface area contributed by atoms with Crippen molar-refractivity contribution in [1.82, 2.24) is 20.0 Å². The number of nitrogens with zero attached hydrogens (tertiary/aromatic N) is 3. The molecule has 2 aromatic rings. The monoisotopic (exact) mass is 466 g/mol. The van der Waals surface area contributed by atoms with E-state index in [1.807, 2.05) is 9.58 Å². The zero-order valence-corrected chi connectivity index (χ0v) is 18.7. The number of amides is 1. The van der Waals surface area contributed by atoms with Crippen molar-refractivity contribution in [2.75, 3.05) is 26.3 Å². The lowest BCUT2D eigenvalue weighted by Gasteiger charge is -2.28. The molecule has 1 unspecified atom stereocenters. The first-order chi connectivity index (χ1) is 15.8. The van der Waals surface area contributed by atoms with Gasteiger partial charge < -0.3 is 19.7 Å². The molecule has 0 spiro atoms. The maximum Gasteiger partial charge on any atom is 0.573 e. The molecule has 1 amide bonds. The van der Waals surface area contributed by atoms with Crippen LogP contribution in [0.15, 0.2) is 24.3 Å². The number of fused-ring (bicyclic) bond motifs is 1. The van der Waals surface area contributed by atoms with Crippen molar-refractivity contribution < 1.29 is 27.4 Å². The number of benzene rings is 1. The van der Waals surface area contributed by atoms with Gasteiger partial charge in [-0.15, -0.1) is 13.2 Å². The Morgan fingerprint density at radius 3 is 2.64 bits per heavy atom. The van der Waals surface area contributed by atoms with Crippen molar-refractivity contribution in [3.63, 3.8) is 0 Å². The summed E-state index contributed by atoms with van der Waals surface area (Å²) >= 11 is 0. The van der Waals surface area contributed by atoms with Crippen LogP contribution < -0.4 is 10.1 Å². The van der Waals surface area contributed by atoms with E-state index in [9.17, 15) is 18.0 Å². The smallest absolute Gasteiger partial charge is 0.406 e. The summed E-state index contributed by atoms with van der Waals surface area (Å²) in [6.45, 7) is 5.62. The molecule has 1 saturated heterocycles. The van der Waals surface area contributed by atoms with Crippen LogP contribution in [0.25, 0.3) is 0 Å². The molecule has 0 radical (unpaired) electrons. The van der Waals surface area contributed by atoms with Crippen LogP contribution in [0, 0.1) is 0 Å². The Morgan fingerprint density at radius 1 is 1.24 bits per heavy atom. The van der Waals surface area contributed by atoms with Gasteiger partial charge in [-0.05, 0) is 43.4 Å². The van der Waals surface area contributed by atoms with Gasteiger partial charge >= 0.3 is 6.36 Å². The second kappa shape index (κ2) is 10.1. The summed E-state index contributed by atoms with van der Waals surface area (Å²) in [4.78, 5) is 15.0. The Bertz CT molecular complexity index is 953. The summed E-state index contributed by atoms with van der Waals surface area (Å²) in [7, 11) is 0. The predicted octanol–water partition coefficient (Wildman–Crippen LogP) is 3.31. The van der Waals surface area contributed by atoms with Crippen LogP contribution in [-0.4, -0.2) is 59.3 Å². The highest BCUT2D eigenvalue weighted by atomic mass is 19.4. The second-order valence-corrected chi connectivity index (χ2v) is 8.41. The van der Waals surface area contributed by atoms with Crippen molar-refractivity contribution in [1.29, 1.82) is 0 Å². The van der Waals surface area contributed by atoms with Gasteiger partial charge in [0.2, 0.25) is 0 Å². The molecule has 1 aromatic carbocycles. The predicted molar refractivity (Wildman–Crippen MR) is 115 cm³/mol. The van der Waals surface area contributed by atoms with Crippen LogP contribution in [0.1, 0.15) is 47.1 Å². The Morgan fingerprint density at radius 2 is 1.97 bits per heavy atom. The van der Waals surface area contributed by atoms with E-state index in [4.69, 9.17) is 9.84 Å². The highest BCUT2D eigenvalue weighted by Crippen LogP contribution is 2.27. The Labute approximate surface area is 190 Å². The molecule has 33 heavy (non-hydrogen) atoms. The fraction of sp³-hybridized carbons (Fsp3) is 0.565. The Kier molecular flexibility index (Phi) is 7.23. The summed E-state index contributed by atoms with van der Waals surface area (Å²) < 4.78 is 48.3. The van der Waals surface area contributed by atoms with E-state index < -0.39 is 6.36 Å². The molecular formula is C23H29F3N4O3. The highest BCUT2D eigenvalue weighted by Gasteiger charge is 2.32. The zero-order chi connectivity index (χ0) is 23.4. The molecule has 1 aliphatic carbocycles. The first-order valence-electron chi connectivity index (χ1n) is 11.4. The fourth-order valence-electron chi connectivity index (χ4n) is 4.42. The van der Waals surface area contributed by atoms with Gasteiger partial charge in [0.25, 0.3) is 5.91 Å². The third-order valence-electron chi connectivity index (χ3n) is 6.03. The van der Waals surface area contributed by atoms with Crippen molar-refractivity contribution in [3.8, 4) is 5.75 Å². The molecule has 0 saturated carbocycles. The number of aryl methyl sites for hydroxylation is 1. The number of rotatable bonds is 7. The van der Waals surface area contributed by atoms with Crippen LogP contribution in [0.5, 0.6) is 5.75 Å². The number of morpholine rings is 1. The molecule has 1 fully saturated rings. The largest absolute Gasteiger partial charge is 0.573 e. The van der Waals surface area contributed by atoms with Gasteiger partial charge in [0.15, 0.2) is 5.69 Å². The van der Waals surface area contributed by atoms with Crippen molar-refractivity contribution >= 4 is 5.91 Å². The third-order valence-corrected chi connectivity index (χ3v) is 6.03. The average Bonchev–Trinajstić information content (AvgIpc) is 3.15. The van der Waals surface area contributed by atoms with Gasteiger partial charge in [-0.3, -0.25) is 9.48 Å². The minimum absolute atomic E-state index is 0.0368. The Balaban J connectivity index is 1.43. The number of nitrogens with one attached hydrogen (secondary N) is 1. The summed E-state index contributed by atoms with van der Waals surface area (Å²) in [6.07, 6.45) is -1.33. The number of carbonyl (C=O) groups excluding carboxylic acids is 1. The van der Waals surface area contributed by atoms with Crippen LogP contribution in [-0.2, 0) is 30.7 Å². The molecule has 1 N–H and O–H groups in total. The topological polar surface area (TPSA) is 68.6 Å². The molecule has 4 rings (SSSR count). The average molecular weight is 467 g/mol. The lowest BCUT2D eigenvalue weighted by molar-refractivity contribution is -0.274. The molecule has 10 heteroatoms. The maximum absolute atomic E-state index is 13.2. The van der Waals surface area contributed by atoms with Crippen LogP contribution >= 0.6 is 0 Å². The summed E-state index contributed by atoms with van der Waals surface area (Å²) in [5.41, 5.74) is 3.56. The van der Waals surface area contributed by atoms with E-state index in [2.05, 4.69) is 17.0 Å². The van der Waals surface area contributed by atoms with Crippen LogP contribution in [0.2, 0.25) is 0 Å². The number of carbonyl (C=O) groups is 1. The highest BCUT2D eigenvalue weighted by molar-refractivity contribution is 5.94. The third kappa shape index (κ3) is 5.86. The van der Waals surface area contributed by atoms with E-state index in [1.54, 1.807) is 12.1 Å². The van der Waals surface area contributed by atoms with Gasteiger partial charge in [-0.1, -0.05) is 19.1 Å². The fourth-order valence-corrected chi connectivity index (χ4v) is 4.42. The van der Waals surface area contributed by atoms with Crippen LogP contribution in [0.4, 0.5) is 13.2 Å². The maximum atomic E-state index is 13.2. The van der Waals surface area contributed by atoms with Gasteiger partial charge in [-0.2, -0.15) is 5.10 Å². The zero-order valence-electron chi connectivity index (χ0n) is 18.7. The van der Waals surface area contributed by atoms with E-state index in [0.717, 1.165) is 42.6 Å². The summed E-state index contributed by atoms with van der Waals surface area (Å²) in [6, 6.07) is 6.03. The SMILES string of the molecule is CCCn1nc(C(=O)N2CCOCC2)c2c1CCC(NCc1ccc(OC(F)(F)F)cc1)C2. The van der Waals surface area contributed by atoms with Crippen molar-refractivity contribution in [2.24, 2.45) is 0 Å². The van der Waals surface area contributed by atoms with E-state index in [1.165, 1.54) is 12.1 Å². The standard InChI is InChI=1S/C23H29F3N4O3/c1-2-9-30-20-8-5-17(27-15-16-3-6-18(7-4-16)33-23(24,25)26)14-19(20)21(28-30)22(31)29-10-12-32-13-11-29/h3-4,6-7,17,27H,2,5,8-15H2,1H3. The molecule has 0 bridgehead atoms. The van der Waals surface area contributed by atoms with Gasteiger partial charge in [0.1, 0.15) is 5.75 Å². The molecule has 1 aliphatic heterocycles. The summed E-state index contributed by atoms with van der Waals surface area (Å²) in [5.74, 6) is -0.270. The first kappa shape index (κ1) is 23.6. The minimum atomic E-state index is -4.70. The number of halogens is 3. The number of ether oxygens (including phenoxy) is 2.